The summed E-state index contributed by atoms with van der Waals surface area (Å²) in [6, 6.07) is 0. The number of hydrogen-bond acceptors (Lipinski definition) is 3. The Morgan fingerprint density at radius 3 is 1.92 bits per heavy atom. The number of carbonyl (C=O) groups is 1. The molecule has 0 amide bonds. The SMILES string of the molecule is CCN(CC)/C(C)=C(\C)C(=O)[O-]. The molecule has 0 radical (unpaired) electrons. The zero-order valence-electron chi connectivity index (χ0n) is 8.18. The van der Waals surface area contributed by atoms with Crippen molar-refractivity contribution in [2.45, 2.75) is 27.7 Å². The summed E-state index contributed by atoms with van der Waals surface area (Å²) >= 11 is 0. The third kappa shape index (κ3) is 2.57. The van der Waals surface area contributed by atoms with Gasteiger partial charge in [0.25, 0.3) is 0 Å². The van der Waals surface area contributed by atoms with Gasteiger partial charge < -0.3 is 14.8 Å². The highest BCUT2D eigenvalue weighted by Crippen LogP contribution is 2.07. The van der Waals surface area contributed by atoms with Crippen molar-refractivity contribution < 1.29 is 9.90 Å². The van der Waals surface area contributed by atoms with Crippen LogP contribution in [-0.2, 0) is 4.79 Å². The van der Waals surface area contributed by atoms with E-state index in [1.807, 2.05) is 18.7 Å². The predicted molar refractivity (Wildman–Crippen MR) is 46.3 cm³/mol. The number of carboxylic acid groups (broad SMARTS) is 1. The second kappa shape index (κ2) is 4.80. The van der Waals surface area contributed by atoms with Gasteiger partial charge in [-0.2, -0.15) is 0 Å². The van der Waals surface area contributed by atoms with E-state index in [0.717, 1.165) is 18.8 Å². The molecule has 0 rings (SSSR count). The summed E-state index contributed by atoms with van der Waals surface area (Å²) in [6.45, 7) is 9.02. The number of rotatable bonds is 4. The van der Waals surface area contributed by atoms with Crippen LogP contribution in [0.4, 0.5) is 0 Å². The van der Waals surface area contributed by atoms with E-state index in [1.165, 1.54) is 0 Å². The van der Waals surface area contributed by atoms with Crippen LogP contribution in [0, 0.1) is 0 Å². The molecule has 0 unspecified atom stereocenters. The van der Waals surface area contributed by atoms with Crippen LogP contribution < -0.4 is 5.11 Å². The largest absolute Gasteiger partial charge is 0.545 e. The first kappa shape index (κ1) is 11.0. The lowest BCUT2D eigenvalue weighted by atomic mass is 10.2. The minimum atomic E-state index is -1.08. The van der Waals surface area contributed by atoms with Crippen LogP contribution in [0.25, 0.3) is 0 Å². The van der Waals surface area contributed by atoms with Crippen molar-refractivity contribution in [1.82, 2.24) is 4.90 Å². The number of hydrogen-bond donors (Lipinski definition) is 0. The molecular formula is C9H16NO2-. The molecule has 0 atom stereocenters. The van der Waals surface area contributed by atoms with Crippen molar-refractivity contribution in [2.75, 3.05) is 13.1 Å². The molecule has 0 aromatic heterocycles. The number of aliphatic carboxylic acids is 1. The average Bonchev–Trinajstić information content (AvgIpc) is 2.05. The first-order chi connectivity index (χ1) is 5.54. The lowest BCUT2D eigenvalue weighted by Crippen LogP contribution is -2.29. The van der Waals surface area contributed by atoms with E-state index in [0.29, 0.717) is 5.57 Å². The van der Waals surface area contributed by atoms with Crippen molar-refractivity contribution in [3.8, 4) is 0 Å². The maximum Gasteiger partial charge on any atom is 0.0689 e. The van der Waals surface area contributed by atoms with Crippen LogP contribution in [0.3, 0.4) is 0 Å². The second-order valence-corrected chi connectivity index (χ2v) is 2.67. The zero-order valence-corrected chi connectivity index (χ0v) is 8.18. The van der Waals surface area contributed by atoms with Crippen LogP contribution >= 0.6 is 0 Å². The summed E-state index contributed by atoms with van der Waals surface area (Å²) in [5, 5.41) is 10.5. The Morgan fingerprint density at radius 1 is 1.25 bits per heavy atom. The summed E-state index contributed by atoms with van der Waals surface area (Å²) in [5.74, 6) is -1.08. The maximum atomic E-state index is 10.5. The van der Waals surface area contributed by atoms with Gasteiger partial charge in [-0.05, 0) is 33.3 Å². The molecule has 12 heavy (non-hydrogen) atoms. The Bertz CT molecular complexity index is 193. The standard InChI is InChI=1S/C9H17NO2/c1-5-10(6-2)8(4)7(3)9(11)12/h5-6H2,1-4H3,(H,11,12)/p-1/b8-7+. The fourth-order valence-electron chi connectivity index (χ4n) is 1.08. The molecule has 0 saturated carbocycles. The molecule has 0 saturated heterocycles. The second-order valence-electron chi connectivity index (χ2n) is 2.67. The smallest absolute Gasteiger partial charge is 0.0689 e. The molecule has 0 aliphatic rings. The van der Waals surface area contributed by atoms with Crippen molar-refractivity contribution >= 4 is 5.97 Å². The molecule has 0 aliphatic carbocycles. The minimum absolute atomic E-state index is 0.318. The van der Waals surface area contributed by atoms with Crippen LogP contribution in [0.1, 0.15) is 27.7 Å². The minimum Gasteiger partial charge on any atom is -0.545 e. The lowest BCUT2D eigenvalue weighted by Gasteiger charge is -2.24. The average molecular weight is 170 g/mol. The van der Waals surface area contributed by atoms with Crippen LogP contribution in [0.2, 0.25) is 0 Å². The van der Waals surface area contributed by atoms with E-state index < -0.39 is 5.97 Å². The van der Waals surface area contributed by atoms with Crippen LogP contribution in [-0.4, -0.2) is 24.0 Å². The van der Waals surface area contributed by atoms with Crippen molar-refractivity contribution in [1.29, 1.82) is 0 Å². The predicted octanol–water partition coefficient (Wildman–Crippen LogP) is 0.372. The lowest BCUT2D eigenvalue weighted by molar-refractivity contribution is -0.299. The Hall–Kier alpha value is -0.990. The molecule has 0 bridgehead atoms. The van der Waals surface area contributed by atoms with Gasteiger partial charge in [-0.1, -0.05) is 0 Å². The number of allylic oxidation sites excluding steroid dienone is 1. The summed E-state index contributed by atoms with van der Waals surface area (Å²) in [4.78, 5) is 12.5. The third-order valence-electron chi connectivity index (χ3n) is 2.09. The third-order valence-corrected chi connectivity index (χ3v) is 2.09. The first-order valence-corrected chi connectivity index (χ1v) is 4.18. The molecule has 0 aliphatic heterocycles. The Labute approximate surface area is 73.7 Å². The summed E-state index contributed by atoms with van der Waals surface area (Å²) in [6.07, 6.45) is 0. The summed E-state index contributed by atoms with van der Waals surface area (Å²) < 4.78 is 0. The van der Waals surface area contributed by atoms with Crippen molar-refractivity contribution in [2.24, 2.45) is 0 Å². The first-order valence-electron chi connectivity index (χ1n) is 4.18. The molecule has 3 heteroatoms. The van der Waals surface area contributed by atoms with Gasteiger partial charge in [0.1, 0.15) is 0 Å². The molecule has 0 aromatic carbocycles. The summed E-state index contributed by atoms with van der Waals surface area (Å²) in [7, 11) is 0. The van der Waals surface area contributed by atoms with Gasteiger partial charge >= 0.3 is 0 Å². The highest BCUT2D eigenvalue weighted by Gasteiger charge is 2.03. The van der Waals surface area contributed by atoms with E-state index >= 15 is 0 Å². The topological polar surface area (TPSA) is 43.4 Å². The van der Waals surface area contributed by atoms with Crippen LogP contribution in [0.15, 0.2) is 11.3 Å². The molecule has 0 fully saturated rings. The van der Waals surface area contributed by atoms with Gasteiger partial charge in [-0.25, -0.2) is 0 Å². The Morgan fingerprint density at radius 2 is 1.67 bits per heavy atom. The number of carboxylic acids is 1. The van der Waals surface area contributed by atoms with Gasteiger partial charge in [-0.3, -0.25) is 0 Å². The van der Waals surface area contributed by atoms with E-state index in [1.54, 1.807) is 13.8 Å². The van der Waals surface area contributed by atoms with E-state index in [-0.39, 0.29) is 0 Å². The van der Waals surface area contributed by atoms with Gasteiger partial charge in [0.15, 0.2) is 0 Å². The normalized spacial score (nSPS) is 12.3. The van der Waals surface area contributed by atoms with Gasteiger partial charge in [0.05, 0.1) is 5.97 Å². The molecule has 0 N–H and O–H groups in total. The fourth-order valence-corrected chi connectivity index (χ4v) is 1.08. The molecular weight excluding hydrogens is 154 g/mol. The Kier molecular flexibility index (Phi) is 4.40. The molecule has 0 spiro atoms. The van der Waals surface area contributed by atoms with Crippen molar-refractivity contribution in [3.63, 3.8) is 0 Å². The Balaban J connectivity index is 4.62. The van der Waals surface area contributed by atoms with Gasteiger partial charge in [-0.15, -0.1) is 0 Å². The summed E-state index contributed by atoms with van der Waals surface area (Å²) in [5.41, 5.74) is 1.11. The zero-order chi connectivity index (χ0) is 9.72. The van der Waals surface area contributed by atoms with E-state index in [2.05, 4.69) is 0 Å². The highest BCUT2D eigenvalue weighted by molar-refractivity contribution is 5.84. The highest BCUT2D eigenvalue weighted by atomic mass is 16.4. The molecule has 70 valence electrons. The quantitative estimate of drug-likeness (QED) is 0.573. The fraction of sp³-hybridized carbons (Fsp3) is 0.667. The molecule has 0 heterocycles. The van der Waals surface area contributed by atoms with E-state index in [4.69, 9.17) is 0 Å². The maximum absolute atomic E-state index is 10.5. The van der Waals surface area contributed by atoms with Gasteiger partial charge in [0, 0.05) is 18.8 Å². The molecule has 0 aromatic rings. The van der Waals surface area contributed by atoms with Crippen molar-refractivity contribution in [3.05, 3.63) is 11.3 Å². The molecule has 3 nitrogen and oxygen atoms in total. The van der Waals surface area contributed by atoms with Gasteiger partial charge in [0.2, 0.25) is 0 Å². The monoisotopic (exact) mass is 170 g/mol. The number of nitrogens with zero attached hydrogens (tertiary/aromatic N) is 1. The number of carbonyl (C=O) groups excluding carboxylic acids is 1. The van der Waals surface area contributed by atoms with E-state index in [9.17, 15) is 9.90 Å². The van der Waals surface area contributed by atoms with Crippen LogP contribution in [0.5, 0.6) is 0 Å².